The van der Waals surface area contributed by atoms with Crippen LogP contribution < -0.4 is 5.32 Å². The van der Waals surface area contributed by atoms with Crippen molar-refractivity contribution in [3.63, 3.8) is 0 Å². The first-order chi connectivity index (χ1) is 9.14. The molecule has 1 aromatic heterocycles. The van der Waals surface area contributed by atoms with Crippen molar-refractivity contribution in [1.82, 2.24) is 15.1 Å². The summed E-state index contributed by atoms with van der Waals surface area (Å²) in [6.45, 7) is 0.559. The van der Waals surface area contributed by atoms with Crippen LogP contribution in [0, 0.1) is 9.49 Å². The van der Waals surface area contributed by atoms with Gasteiger partial charge in [-0.15, -0.1) is 0 Å². The van der Waals surface area contributed by atoms with Gasteiger partial charge in [-0.2, -0.15) is 5.10 Å². The normalized spacial score (nSPS) is 22.0. The SMILES string of the molecule is COC(=O)C(Cn1cc(I)cn1)(NC1CC1)C1CC1. The van der Waals surface area contributed by atoms with Gasteiger partial charge in [-0.3, -0.25) is 10.00 Å². The number of esters is 1. The van der Waals surface area contributed by atoms with Crippen LogP contribution >= 0.6 is 22.6 Å². The highest BCUT2D eigenvalue weighted by molar-refractivity contribution is 14.1. The number of hydrogen-bond donors (Lipinski definition) is 1. The van der Waals surface area contributed by atoms with E-state index in [1.807, 2.05) is 17.1 Å². The number of rotatable bonds is 6. The van der Waals surface area contributed by atoms with E-state index in [2.05, 4.69) is 33.0 Å². The summed E-state index contributed by atoms with van der Waals surface area (Å²) >= 11 is 2.23. The Labute approximate surface area is 126 Å². The second kappa shape index (κ2) is 5.05. The molecule has 1 N–H and O–H groups in total. The summed E-state index contributed by atoms with van der Waals surface area (Å²) in [6.07, 6.45) is 8.27. The molecule has 104 valence electrons. The molecule has 2 saturated carbocycles. The maximum atomic E-state index is 12.4. The fraction of sp³-hybridized carbons (Fsp3) is 0.692. The van der Waals surface area contributed by atoms with Gasteiger partial charge in [0, 0.05) is 12.2 Å². The molecule has 0 amide bonds. The van der Waals surface area contributed by atoms with Crippen molar-refractivity contribution in [3.8, 4) is 0 Å². The predicted molar refractivity (Wildman–Crippen MR) is 78.6 cm³/mol. The Bertz CT molecular complexity index is 482. The fourth-order valence-corrected chi connectivity index (χ4v) is 3.06. The number of ether oxygens (including phenoxy) is 1. The van der Waals surface area contributed by atoms with Gasteiger partial charge in [-0.1, -0.05) is 0 Å². The molecular weight excluding hydrogens is 357 g/mol. The number of halogens is 1. The topological polar surface area (TPSA) is 56.2 Å². The third kappa shape index (κ3) is 2.79. The molecule has 1 aromatic rings. The molecule has 6 heteroatoms. The molecule has 19 heavy (non-hydrogen) atoms. The van der Waals surface area contributed by atoms with E-state index in [4.69, 9.17) is 4.74 Å². The average molecular weight is 375 g/mol. The average Bonchev–Trinajstić information content (AvgIpc) is 3.28. The summed E-state index contributed by atoms with van der Waals surface area (Å²) in [5, 5.41) is 7.85. The van der Waals surface area contributed by atoms with Gasteiger partial charge in [0.1, 0.15) is 5.54 Å². The monoisotopic (exact) mass is 375 g/mol. The fourth-order valence-electron chi connectivity index (χ4n) is 2.61. The van der Waals surface area contributed by atoms with Crippen LogP contribution in [-0.4, -0.2) is 34.4 Å². The van der Waals surface area contributed by atoms with Crippen LogP contribution in [0.4, 0.5) is 0 Å². The smallest absolute Gasteiger partial charge is 0.328 e. The van der Waals surface area contributed by atoms with Gasteiger partial charge in [-0.25, -0.2) is 4.79 Å². The third-order valence-corrected chi connectivity index (χ3v) is 4.43. The van der Waals surface area contributed by atoms with Gasteiger partial charge in [-0.05, 0) is 54.2 Å². The van der Waals surface area contributed by atoms with Crippen LogP contribution in [0.1, 0.15) is 25.7 Å². The second-order valence-electron chi connectivity index (χ2n) is 5.51. The van der Waals surface area contributed by atoms with E-state index in [-0.39, 0.29) is 5.97 Å². The largest absolute Gasteiger partial charge is 0.468 e. The third-order valence-electron chi connectivity index (χ3n) is 3.88. The molecule has 2 aliphatic rings. The van der Waals surface area contributed by atoms with E-state index in [0.717, 1.165) is 29.3 Å². The molecule has 1 heterocycles. The van der Waals surface area contributed by atoms with E-state index in [1.54, 1.807) is 0 Å². The van der Waals surface area contributed by atoms with Gasteiger partial charge >= 0.3 is 5.97 Å². The highest BCUT2D eigenvalue weighted by Gasteiger charge is 2.54. The molecule has 1 unspecified atom stereocenters. The van der Waals surface area contributed by atoms with E-state index in [9.17, 15) is 4.79 Å². The van der Waals surface area contributed by atoms with E-state index < -0.39 is 5.54 Å². The molecule has 3 rings (SSSR count). The Hall–Kier alpha value is -0.630. The van der Waals surface area contributed by atoms with Crippen molar-refractivity contribution in [2.24, 2.45) is 5.92 Å². The Balaban J connectivity index is 1.86. The number of carbonyl (C=O) groups is 1. The first-order valence-corrected chi connectivity index (χ1v) is 7.76. The minimum atomic E-state index is -0.592. The summed E-state index contributed by atoms with van der Waals surface area (Å²) in [7, 11) is 1.47. The quantitative estimate of drug-likeness (QED) is 0.606. The highest BCUT2D eigenvalue weighted by Crippen LogP contribution is 2.43. The number of hydrogen-bond acceptors (Lipinski definition) is 4. The lowest BCUT2D eigenvalue weighted by atomic mass is 9.92. The van der Waals surface area contributed by atoms with E-state index in [1.165, 1.54) is 7.11 Å². The standard InChI is InChI=1S/C13H18IN3O2/c1-19-12(18)13(9-2-3-9,16-11-4-5-11)8-17-7-10(14)6-15-17/h6-7,9,11,16H,2-5,8H2,1H3. The van der Waals surface area contributed by atoms with Crippen LogP contribution in [-0.2, 0) is 16.1 Å². The van der Waals surface area contributed by atoms with Crippen molar-refractivity contribution >= 4 is 28.6 Å². The molecule has 5 nitrogen and oxygen atoms in total. The van der Waals surface area contributed by atoms with Crippen molar-refractivity contribution in [1.29, 1.82) is 0 Å². The van der Waals surface area contributed by atoms with E-state index in [0.29, 0.717) is 18.5 Å². The summed E-state index contributed by atoms with van der Waals surface area (Å²) in [4.78, 5) is 12.4. The summed E-state index contributed by atoms with van der Waals surface area (Å²) in [5.74, 6) is 0.231. The highest BCUT2D eigenvalue weighted by atomic mass is 127. The van der Waals surface area contributed by atoms with Crippen molar-refractivity contribution < 1.29 is 9.53 Å². The molecule has 0 saturated heterocycles. The Morgan fingerprint density at radius 1 is 1.58 bits per heavy atom. The lowest BCUT2D eigenvalue weighted by molar-refractivity contribution is -0.150. The zero-order valence-corrected chi connectivity index (χ0v) is 13.1. The maximum Gasteiger partial charge on any atom is 0.328 e. The number of nitrogens with zero attached hydrogens (tertiary/aromatic N) is 2. The summed E-state index contributed by atoms with van der Waals surface area (Å²) in [5.41, 5.74) is -0.592. The van der Waals surface area contributed by atoms with Crippen LogP contribution in [0.15, 0.2) is 12.4 Å². The minimum absolute atomic E-state index is 0.146. The van der Waals surface area contributed by atoms with Gasteiger partial charge in [0.25, 0.3) is 0 Å². The van der Waals surface area contributed by atoms with E-state index >= 15 is 0 Å². The Morgan fingerprint density at radius 3 is 2.79 bits per heavy atom. The lowest BCUT2D eigenvalue weighted by Gasteiger charge is -2.32. The zero-order chi connectivity index (χ0) is 13.5. The molecule has 0 radical (unpaired) electrons. The molecule has 1 atom stereocenters. The summed E-state index contributed by atoms with van der Waals surface area (Å²) < 4.78 is 8.02. The molecule has 0 aromatic carbocycles. The van der Waals surface area contributed by atoms with Crippen LogP contribution in [0.3, 0.4) is 0 Å². The van der Waals surface area contributed by atoms with Crippen molar-refractivity contribution in [2.75, 3.05) is 7.11 Å². The van der Waals surface area contributed by atoms with Gasteiger partial charge in [0.05, 0.1) is 23.4 Å². The zero-order valence-electron chi connectivity index (χ0n) is 10.9. The summed E-state index contributed by atoms with van der Waals surface area (Å²) in [6, 6.07) is 0.467. The number of methoxy groups -OCH3 is 1. The van der Waals surface area contributed by atoms with Crippen LogP contribution in [0.2, 0.25) is 0 Å². The van der Waals surface area contributed by atoms with Gasteiger partial charge in [0.15, 0.2) is 0 Å². The molecule has 2 aliphatic carbocycles. The first-order valence-electron chi connectivity index (χ1n) is 6.68. The van der Waals surface area contributed by atoms with Gasteiger partial charge in [0.2, 0.25) is 0 Å². The minimum Gasteiger partial charge on any atom is -0.468 e. The van der Waals surface area contributed by atoms with Crippen LogP contribution in [0.5, 0.6) is 0 Å². The second-order valence-corrected chi connectivity index (χ2v) is 6.76. The number of carbonyl (C=O) groups excluding carboxylic acids is 1. The Kier molecular flexibility index (Phi) is 3.55. The maximum absolute atomic E-state index is 12.4. The lowest BCUT2D eigenvalue weighted by Crippen LogP contribution is -2.58. The first kappa shape index (κ1) is 13.4. The molecule has 2 fully saturated rings. The van der Waals surface area contributed by atoms with Crippen molar-refractivity contribution in [3.05, 3.63) is 16.0 Å². The molecule has 0 aliphatic heterocycles. The van der Waals surface area contributed by atoms with Crippen LogP contribution in [0.25, 0.3) is 0 Å². The number of aromatic nitrogens is 2. The number of nitrogens with one attached hydrogen (secondary N) is 1. The molecule has 0 spiro atoms. The predicted octanol–water partition coefficient (Wildman–Crippen LogP) is 1.56. The van der Waals surface area contributed by atoms with Crippen molar-refractivity contribution in [2.45, 2.75) is 43.8 Å². The Morgan fingerprint density at radius 2 is 2.32 bits per heavy atom. The molecular formula is C13H18IN3O2. The molecule has 0 bridgehead atoms. The van der Waals surface area contributed by atoms with Gasteiger partial charge < -0.3 is 4.74 Å².